The number of fused-ring (bicyclic) bond motifs is 1. The van der Waals surface area contributed by atoms with E-state index in [0.717, 1.165) is 23.0 Å². The van der Waals surface area contributed by atoms with Crippen LogP contribution in [0.2, 0.25) is 5.02 Å². The lowest BCUT2D eigenvalue weighted by atomic mass is 10.2. The number of halogens is 1. The van der Waals surface area contributed by atoms with Gasteiger partial charge in [-0.05, 0) is 37.1 Å². The number of aryl methyl sites for hydroxylation is 1. The molecule has 2 aromatic rings. The third-order valence-corrected chi connectivity index (χ3v) is 2.71. The molecule has 0 radical (unpaired) electrons. The van der Waals surface area contributed by atoms with Gasteiger partial charge in [-0.3, -0.25) is 4.79 Å². The molecular formula is C12H12ClNO2. The van der Waals surface area contributed by atoms with Crippen LogP contribution in [-0.4, -0.2) is 16.1 Å². The molecule has 1 aromatic heterocycles. The third kappa shape index (κ3) is 2.55. The average Bonchev–Trinajstić information content (AvgIpc) is 2.58. The molecule has 3 nitrogen and oxygen atoms in total. The number of hydrogen-bond donors (Lipinski definition) is 2. The third-order valence-electron chi connectivity index (χ3n) is 2.48. The van der Waals surface area contributed by atoms with E-state index in [4.69, 9.17) is 16.7 Å². The molecule has 0 aliphatic carbocycles. The number of aromatic amines is 1. The Morgan fingerprint density at radius 2 is 2.19 bits per heavy atom. The summed E-state index contributed by atoms with van der Waals surface area (Å²) in [4.78, 5) is 13.6. The van der Waals surface area contributed by atoms with Crippen molar-refractivity contribution in [2.24, 2.45) is 0 Å². The van der Waals surface area contributed by atoms with Gasteiger partial charge in [-0.15, -0.1) is 0 Å². The summed E-state index contributed by atoms with van der Waals surface area (Å²) < 4.78 is 0. The van der Waals surface area contributed by atoms with Crippen molar-refractivity contribution in [1.29, 1.82) is 0 Å². The first-order valence-electron chi connectivity index (χ1n) is 5.14. The largest absolute Gasteiger partial charge is 0.481 e. The Labute approximate surface area is 98.0 Å². The predicted octanol–water partition coefficient (Wildman–Crippen LogP) is 3.23. The van der Waals surface area contributed by atoms with Gasteiger partial charge < -0.3 is 10.1 Å². The normalized spacial score (nSPS) is 10.8. The van der Waals surface area contributed by atoms with Crippen LogP contribution in [0.1, 0.15) is 18.5 Å². The minimum Gasteiger partial charge on any atom is -0.481 e. The molecule has 0 aliphatic rings. The van der Waals surface area contributed by atoms with Crippen LogP contribution >= 0.6 is 11.6 Å². The molecule has 0 spiro atoms. The second-order valence-electron chi connectivity index (χ2n) is 3.77. The van der Waals surface area contributed by atoms with E-state index in [-0.39, 0.29) is 6.42 Å². The molecule has 4 heteroatoms. The van der Waals surface area contributed by atoms with Gasteiger partial charge in [0.15, 0.2) is 0 Å². The van der Waals surface area contributed by atoms with Crippen LogP contribution in [0.25, 0.3) is 10.9 Å². The molecule has 0 saturated heterocycles. The highest BCUT2D eigenvalue weighted by molar-refractivity contribution is 6.31. The number of nitrogens with one attached hydrogen (secondary N) is 1. The molecule has 0 bridgehead atoms. The molecule has 0 saturated carbocycles. The van der Waals surface area contributed by atoms with Gasteiger partial charge in [0.25, 0.3) is 0 Å². The van der Waals surface area contributed by atoms with E-state index in [0.29, 0.717) is 11.4 Å². The molecule has 0 unspecified atom stereocenters. The van der Waals surface area contributed by atoms with Crippen molar-refractivity contribution in [3.63, 3.8) is 0 Å². The lowest BCUT2D eigenvalue weighted by Crippen LogP contribution is -1.95. The van der Waals surface area contributed by atoms with Gasteiger partial charge in [-0.25, -0.2) is 0 Å². The lowest BCUT2D eigenvalue weighted by molar-refractivity contribution is -0.137. The Kier molecular flexibility index (Phi) is 3.15. The van der Waals surface area contributed by atoms with E-state index < -0.39 is 5.97 Å². The standard InChI is InChI=1S/C12H12ClNO2/c13-9-4-5-11-8(6-9)7-10(14-11)2-1-3-12(15)16/h4-7,14H,1-3H2,(H,15,16). The summed E-state index contributed by atoms with van der Waals surface area (Å²) in [7, 11) is 0. The van der Waals surface area contributed by atoms with Gasteiger partial charge in [-0.1, -0.05) is 11.6 Å². The van der Waals surface area contributed by atoms with Crippen molar-refractivity contribution < 1.29 is 9.90 Å². The van der Waals surface area contributed by atoms with E-state index in [2.05, 4.69) is 4.98 Å². The highest BCUT2D eigenvalue weighted by Crippen LogP contribution is 2.20. The zero-order chi connectivity index (χ0) is 11.5. The van der Waals surface area contributed by atoms with Crippen LogP contribution in [0.3, 0.4) is 0 Å². The fourth-order valence-corrected chi connectivity index (χ4v) is 1.91. The minimum absolute atomic E-state index is 0.204. The van der Waals surface area contributed by atoms with Gasteiger partial charge in [0.05, 0.1) is 0 Å². The minimum atomic E-state index is -0.751. The zero-order valence-corrected chi connectivity index (χ0v) is 9.42. The summed E-state index contributed by atoms with van der Waals surface area (Å²) in [5.74, 6) is -0.751. The summed E-state index contributed by atoms with van der Waals surface area (Å²) >= 11 is 5.88. The van der Waals surface area contributed by atoms with Gasteiger partial charge in [0, 0.05) is 28.0 Å². The predicted molar refractivity (Wildman–Crippen MR) is 63.9 cm³/mol. The summed E-state index contributed by atoms with van der Waals surface area (Å²) in [5, 5.41) is 10.3. The molecule has 1 heterocycles. The smallest absolute Gasteiger partial charge is 0.303 e. The molecule has 2 rings (SSSR count). The topological polar surface area (TPSA) is 53.1 Å². The molecule has 84 valence electrons. The van der Waals surface area contributed by atoms with Crippen LogP contribution in [0.15, 0.2) is 24.3 Å². The van der Waals surface area contributed by atoms with Crippen molar-refractivity contribution >= 4 is 28.5 Å². The summed E-state index contributed by atoms with van der Waals surface area (Å²) in [6.07, 6.45) is 1.60. The Morgan fingerprint density at radius 1 is 1.38 bits per heavy atom. The van der Waals surface area contributed by atoms with Gasteiger partial charge in [0.2, 0.25) is 0 Å². The van der Waals surface area contributed by atoms with Crippen molar-refractivity contribution in [2.75, 3.05) is 0 Å². The molecule has 2 N–H and O–H groups in total. The van der Waals surface area contributed by atoms with E-state index in [1.807, 2.05) is 24.3 Å². The van der Waals surface area contributed by atoms with Crippen LogP contribution in [0.5, 0.6) is 0 Å². The maximum atomic E-state index is 10.4. The number of carbonyl (C=O) groups is 1. The lowest BCUT2D eigenvalue weighted by Gasteiger charge is -1.94. The molecule has 1 aromatic carbocycles. The second-order valence-corrected chi connectivity index (χ2v) is 4.21. The Hall–Kier alpha value is -1.48. The van der Waals surface area contributed by atoms with E-state index in [9.17, 15) is 4.79 Å². The van der Waals surface area contributed by atoms with Crippen molar-refractivity contribution in [1.82, 2.24) is 4.98 Å². The fraction of sp³-hybridized carbons (Fsp3) is 0.250. The second kappa shape index (κ2) is 4.58. The van der Waals surface area contributed by atoms with Crippen molar-refractivity contribution in [2.45, 2.75) is 19.3 Å². The highest BCUT2D eigenvalue weighted by Gasteiger charge is 2.03. The molecule has 0 fully saturated rings. The zero-order valence-electron chi connectivity index (χ0n) is 8.66. The van der Waals surface area contributed by atoms with Crippen LogP contribution < -0.4 is 0 Å². The van der Waals surface area contributed by atoms with Crippen LogP contribution in [0.4, 0.5) is 0 Å². The molecular weight excluding hydrogens is 226 g/mol. The quantitative estimate of drug-likeness (QED) is 0.858. The molecule has 0 atom stereocenters. The highest BCUT2D eigenvalue weighted by atomic mass is 35.5. The number of carboxylic acids is 1. The van der Waals surface area contributed by atoms with E-state index in [1.54, 1.807) is 0 Å². The van der Waals surface area contributed by atoms with Crippen LogP contribution in [0, 0.1) is 0 Å². The molecule has 0 amide bonds. The Balaban J connectivity index is 2.10. The van der Waals surface area contributed by atoms with E-state index >= 15 is 0 Å². The summed E-state index contributed by atoms with van der Waals surface area (Å²) in [6.45, 7) is 0. The summed E-state index contributed by atoms with van der Waals surface area (Å²) in [5.41, 5.74) is 2.09. The number of rotatable bonds is 4. The number of carboxylic acid groups (broad SMARTS) is 1. The first kappa shape index (κ1) is 11.0. The first-order chi connectivity index (χ1) is 7.65. The number of hydrogen-bond acceptors (Lipinski definition) is 1. The first-order valence-corrected chi connectivity index (χ1v) is 5.52. The van der Waals surface area contributed by atoms with E-state index in [1.165, 1.54) is 0 Å². The number of aromatic nitrogens is 1. The van der Waals surface area contributed by atoms with Gasteiger partial charge in [0.1, 0.15) is 0 Å². The fourth-order valence-electron chi connectivity index (χ4n) is 1.73. The van der Waals surface area contributed by atoms with Gasteiger partial charge >= 0.3 is 5.97 Å². The Morgan fingerprint density at radius 3 is 2.94 bits per heavy atom. The average molecular weight is 238 g/mol. The molecule has 16 heavy (non-hydrogen) atoms. The van der Waals surface area contributed by atoms with Crippen molar-refractivity contribution in [3.8, 4) is 0 Å². The number of H-pyrrole nitrogens is 1. The Bertz CT molecular complexity index is 519. The summed E-state index contributed by atoms with van der Waals surface area (Å²) in [6, 6.07) is 7.68. The maximum Gasteiger partial charge on any atom is 0.303 e. The van der Waals surface area contributed by atoms with Gasteiger partial charge in [-0.2, -0.15) is 0 Å². The van der Waals surface area contributed by atoms with Crippen LogP contribution in [-0.2, 0) is 11.2 Å². The van der Waals surface area contributed by atoms with Crippen molar-refractivity contribution in [3.05, 3.63) is 35.0 Å². The monoisotopic (exact) mass is 237 g/mol. The SMILES string of the molecule is O=C(O)CCCc1cc2cc(Cl)ccc2[nH]1. The number of benzene rings is 1. The number of aliphatic carboxylic acids is 1. The maximum absolute atomic E-state index is 10.4. The molecule has 0 aliphatic heterocycles.